The zero-order chi connectivity index (χ0) is 11.0. The molecule has 1 unspecified atom stereocenters. The monoisotopic (exact) mass is 314 g/mol. The van der Waals surface area contributed by atoms with Crippen LogP contribution in [0.15, 0.2) is 21.3 Å². The molecule has 84 valence electrons. The Bertz CT molecular complexity index is 486. The molecule has 2 aromatic rings. The lowest BCUT2D eigenvalue weighted by Crippen LogP contribution is -2.12. The van der Waals surface area contributed by atoms with Gasteiger partial charge < -0.3 is 5.32 Å². The molecular formula is C11H11BrN2S2. The fourth-order valence-corrected chi connectivity index (χ4v) is 4.30. The summed E-state index contributed by atoms with van der Waals surface area (Å²) in [5.41, 5.74) is 1.12. The Hall–Kier alpha value is -0.230. The maximum atomic E-state index is 4.72. The predicted molar refractivity (Wildman–Crippen MR) is 73.1 cm³/mol. The molecule has 1 fully saturated rings. The van der Waals surface area contributed by atoms with Crippen LogP contribution in [0.25, 0.3) is 10.6 Å². The van der Waals surface area contributed by atoms with E-state index in [1.807, 2.05) is 0 Å². The molecule has 3 rings (SSSR count). The van der Waals surface area contributed by atoms with Gasteiger partial charge in [0, 0.05) is 15.2 Å². The molecular weight excluding hydrogens is 304 g/mol. The van der Waals surface area contributed by atoms with Gasteiger partial charge in [0.1, 0.15) is 5.01 Å². The quantitative estimate of drug-likeness (QED) is 0.904. The van der Waals surface area contributed by atoms with Gasteiger partial charge in [-0.05, 0) is 41.4 Å². The first-order chi connectivity index (χ1) is 7.83. The van der Waals surface area contributed by atoms with Crippen molar-refractivity contribution in [2.24, 2.45) is 0 Å². The van der Waals surface area contributed by atoms with Crippen LogP contribution in [0.4, 0.5) is 0 Å². The van der Waals surface area contributed by atoms with Crippen LogP contribution in [0, 0.1) is 0 Å². The maximum Gasteiger partial charge on any atom is 0.110 e. The van der Waals surface area contributed by atoms with Crippen molar-refractivity contribution in [3.63, 3.8) is 0 Å². The van der Waals surface area contributed by atoms with E-state index < -0.39 is 0 Å². The first-order valence-corrected chi connectivity index (χ1v) is 7.81. The fourth-order valence-electron chi connectivity index (χ4n) is 1.90. The molecule has 1 aliphatic rings. The second-order valence-electron chi connectivity index (χ2n) is 3.85. The zero-order valence-electron chi connectivity index (χ0n) is 8.57. The van der Waals surface area contributed by atoms with E-state index >= 15 is 0 Å². The Balaban J connectivity index is 1.87. The van der Waals surface area contributed by atoms with Crippen LogP contribution in [-0.4, -0.2) is 11.5 Å². The number of aromatic nitrogens is 1. The maximum absolute atomic E-state index is 4.72. The van der Waals surface area contributed by atoms with E-state index in [4.69, 9.17) is 4.98 Å². The Morgan fingerprint density at radius 3 is 3.00 bits per heavy atom. The Labute approximate surface area is 111 Å². The minimum Gasteiger partial charge on any atom is -0.308 e. The molecule has 0 aliphatic carbocycles. The van der Waals surface area contributed by atoms with Crippen LogP contribution >= 0.6 is 38.6 Å². The first-order valence-electron chi connectivity index (χ1n) is 5.26. The highest BCUT2D eigenvalue weighted by molar-refractivity contribution is 9.10. The van der Waals surface area contributed by atoms with Gasteiger partial charge in [0.25, 0.3) is 0 Å². The summed E-state index contributed by atoms with van der Waals surface area (Å²) >= 11 is 6.98. The van der Waals surface area contributed by atoms with Gasteiger partial charge in [-0.25, -0.2) is 4.98 Å². The number of rotatable bonds is 2. The molecule has 0 spiro atoms. The summed E-state index contributed by atoms with van der Waals surface area (Å²) in [4.78, 5) is 5.96. The largest absolute Gasteiger partial charge is 0.308 e. The van der Waals surface area contributed by atoms with Crippen molar-refractivity contribution < 1.29 is 0 Å². The molecule has 5 heteroatoms. The smallest absolute Gasteiger partial charge is 0.110 e. The van der Waals surface area contributed by atoms with Crippen LogP contribution in [0.1, 0.15) is 23.9 Å². The van der Waals surface area contributed by atoms with Gasteiger partial charge in [-0.1, -0.05) is 0 Å². The van der Waals surface area contributed by atoms with E-state index in [9.17, 15) is 0 Å². The second-order valence-corrected chi connectivity index (χ2v) is 6.57. The van der Waals surface area contributed by atoms with Crippen LogP contribution in [0.2, 0.25) is 0 Å². The Kier molecular flexibility index (Phi) is 3.11. The van der Waals surface area contributed by atoms with Gasteiger partial charge in [0.05, 0.1) is 16.6 Å². The third kappa shape index (κ3) is 2.09. The minimum absolute atomic E-state index is 0.488. The van der Waals surface area contributed by atoms with Gasteiger partial charge in [-0.3, -0.25) is 0 Å². The molecule has 1 saturated heterocycles. The van der Waals surface area contributed by atoms with Crippen LogP contribution in [0.3, 0.4) is 0 Å². The second kappa shape index (κ2) is 4.56. The van der Waals surface area contributed by atoms with Crippen molar-refractivity contribution in [3.05, 3.63) is 26.3 Å². The van der Waals surface area contributed by atoms with Gasteiger partial charge >= 0.3 is 0 Å². The van der Waals surface area contributed by atoms with Crippen molar-refractivity contribution in [1.82, 2.24) is 10.3 Å². The van der Waals surface area contributed by atoms with Gasteiger partial charge in [0.15, 0.2) is 0 Å². The lowest BCUT2D eigenvalue weighted by Gasteiger charge is -2.04. The molecule has 0 saturated carbocycles. The number of nitrogens with one attached hydrogen (secondary N) is 1. The molecule has 1 aliphatic heterocycles. The molecule has 3 heterocycles. The topological polar surface area (TPSA) is 24.9 Å². The molecule has 0 amide bonds. The number of nitrogens with zero attached hydrogens (tertiary/aromatic N) is 1. The number of thiophene rings is 1. The molecule has 0 radical (unpaired) electrons. The predicted octanol–water partition coefficient (Wildman–Crippen LogP) is 4.06. The van der Waals surface area contributed by atoms with Crippen LogP contribution in [0.5, 0.6) is 0 Å². The molecule has 0 bridgehead atoms. The lowest BCUT2D eigenvalue weighted by atomic mass is 10.2. The zero-order valence-corrected chi connectivity index (χ0v) is 11.8. The van der Waals surface area contributed by atoms with Crippen LogP contribution in [-0.2, 0) is 0 Å². The number of halogens is 1. The van der Waals surface area contributed by atoms with Crippen molar-refractivity contribution >= 4 is 38.6 Å². The molecule has 1 atom stereocenters. The SMILES string of the molecule is Brc1csc(-c2csc(C3CCCN3)n2)c1. The number of hydrogen-bond donors (Lipinski definition) is 1. The summed E-state index contributed by atoms with van der Waals surface area (Å²) in [5, 5.41) is 8.98. The average molecular weight is 315 g/mol. The Morgan fingerprint density at radius 2 is 2.31 bits per heavy atom. The summed E-state index contributed by atoms with van der Waals surface area (Å²) in [7, 11) is 0. The Morgan fingerprint density at radius 1 is 1.38 bits per heavy atom. The van der Waals surface area contributed by atoms with Gasteiger partial charge in [0.2, 0.25) is 0 Å². The molecule has 0 aromatic carbocycles. The van der Waals surface area contributed by atoms with E-state index in [-0.39, 0.29) is 0 Å². The van der Waals surface area contributed by atoms with Crippen molar-refractivity contribution in [2.45, 2.75) is 18.9 Å². The highest BCUT2D eigenvalue weighted by Crippen LogP contribution is 2.33. The highest BCUT2D eigenvalue weighted by atomic mass is 79.9. The first kappa shape index (κ1) is 10.9. The average Bonchev–Trinajstić information content (AvgIpc) is 2.97. The van der Waals surface area contributed by atoms with Crippen molar-refractivity contribution in [1.29, 1.82) is 0 Å². The van der Waals surface area contributed by atoms with Crippen LogP contribution < -0.4 is 5.32 Å². The summed E-state index contributed by atoms with van der Waals surface area (Å²) in [6.45, 7) is 1.13. The molecule has 1 N–H and O–H groups in total. The highest BCUT2D eigenvalue weighted by Gasteiger charge is 2.19. The van der Waals surface area contributed by atoms with Gasteiger partial charge in [-0.15, -0.1) is 22.7 Å². The van der Waals surface area contributed by atoms with E-state index in [0.29, 0.717) is 6.04 Å². The van der Waals surface area contributed by atoms with E-state index in [0.717, 1.165) is 16.7 Å². The van der Waals surface area contributed by atoms with E-state index in [2.05, 4.69) is 38.1 Å². The van der Waals surface area contributed by atoms with E-state index in [1.165, 1.54) is 22.7 Å². The van der Waals surface area contributed by atoms with Crippen molar-refractivity contribution in [2.75, 3.05) is 6.54 Å². The van der Waals surface area contributed by atoms with Gasteiger partial charge in [-0.2, -0.15) is 0 Å². The summed E-state index contributed by atoms with van der Waals surface area (Å²) in [6, 6.07) is 2.62. The fraction of sp³-hybridized carbons (Fsp3) is 0.364. The molecule has 2 aromatic heterocycles. The molecule has 16 heavy (non-hydrogen) atoms. The summed E-state index contributed by atoms with van der Waals surface area (Å²) < 4.78 is 1.14. The normalized spacial score (nSPS) is 20.4. The third-order valence-electron chi connectivity index (χ3n) is 2.70. The number of hydrogen-bond acceptors (Lipinski definition) is 4. The summed E-state index contributed by atoms with van der Waals surface area (Å²) in [5.74, 6) is 0. The standard InChI is InChI=1S/C11H11BrN2S2/c12-7-4-10(15-5-7)9-6-16-11(14-9)8-2-1-3-13-8/h4-6,8,13H,1-3H2. The minimum atomic E-state index is 0.488. The number of thiazole rings is 1. The van der Waals surface area contributed by atoms with E-state index in [1.54, 1.807) is 22.7 Å². The molecule has 2 nitrogen and oxygen atoms in total. The van der Waals surface area contributed by atoms with Crippen molar-refractivity contribution in [3.8, 4) is 10.6 Å². The third-order valence-corrected chi connectivity index (χ3v) is 5.37. The lowest BCUT2D eigenvalue weighted by molar-refractivity contribution is 0.643. The summed E-state index contributed by atoms with van der Waals surface area (Å²) in [6.07, 6.45) is 2.49.